The largest absolute Gasteiger partial charge is 0.497 e. The molecule has 2 aromatic rings. The predicted molar refractivity (Wildman–Crippen MR) is 75.1 cm³/mol. The SMILES string of the molecule is COc1ccc(C(C)(N)Cc2nc(C)cs2)cc1. The van der Waals surface area contributed by atoms with Gasteiger partial charge in [0.05, 0.1) is 12.1 Å². The molecular formula is C14H18N2OS. The Hall–Kier alpha value is -1.39. The van der Waals surface area contributed by atoms with Crippen molar-refractivity contribution in [2.24, 2.45) is 5.73 Å². The van der Waals surface area contributed by atoms with Crippen molar-refractivity contribution < 1.29 is 4.74 Å². The number of aromatic nitrogens is 1. The Morgan fingerprint density at radius 1 is 1.33 bits per heavy atom. The van der Waals surface area contributed by atoms with Crippen LogP contribution in [-0.2, 0) is 12.0 Å². The van der Waals surface area contributed by atoms with Gasteiger partial charge in [-0.25, -0.2) is 4.98 Å². The molecule has 4 heteroatoms. The first-order valence-electron chi connectivity index (χ1n) is 5.86. The molecule has 0 fully saturated rings. The maximum Gasteiger partial charge on any atom is 0.118 e. The number of aryl methyl sites for hydroxylation is 1. The molecule has 1 heterocycles. The maximum atomic E-state index is 6.40. The summed E-state index contributed by atoms with van der Waals surface area (Å²) in [6, 6.07) is 7.90. The number of nitrogens with zero attached hydrogens (tertiary/aromatic N) is 1. The standard InChI is InChI=1S/C14H18N2OS/c1-10-9-18-13(16-10)8-14(2,15)11-4-6-12(17-3)7-5-11/h4-7,9H,8,15H2,1-3H3. The zero-order valence-electron chi connectivity index (χ0n) is 10.9. The molecular weight excluding hydrogens is 244 g/mol. The summed E-state index contributed by atoms with van der Waals surface area (Å²) in [7, 11) is 1.66. The van der Waals surface area contributed by atoms with Crippen molar-refractivity contribution in [3.8, 4) is 5.75 Å². The van der Waals surface area contributed by atoms with E-state index in [0.717, 1.165) is 28.4 Å². The number of nitrogens with two attached hydrogens (primary N) is 1. The summed E-state index contributed by atoms with van der Waals surface area (Å²) >= 11 is 1.66. The van der Waals surface area contributed by atoms with Crippen molar-refractivity contribution >= 4 is 11.3 Å². The molecule has 0 bridgehead atoms. The Kier molecular flexibility index (Phi) is 3.68. The first kappa shape index (κ1) is 13.1. The molecule has 0 amide bonds. The summed E-state index contributed by atoms with van der Waals surface area (Å²) in [5.74, 6) is 0.847. The highest BCUT2D eigenvalue weighted by Gasteiger charge is 2.23. The normalized spacial score (nSPS) is 14.2. The van der Waals surface area contributed by atoms with Crippen LogP contribution in [0.25, 0.3) is 0 Å². The van der Waals surface area contributed by atoms with Gasteiger partial charge in [0, 0.05) is 23.0 Å². The molecule has 1 atom stereocenters. The summed E-state index contributed by atoms with van der Waals surface area (Å²) in [4.78, 5) is 4.47. The molecule has 18 heavy (non-hydrogen) atoms. The Balaban J connectivity index is 2.18. The summed E-state index contributed by atoms with van der Waals surface area (Å²) in [5.41, 5.74) is 8.14. The van der Waals surface area contributed by atoms with Crippen molar-refractivity contribution in [3.63, 3.8) is 0 Å². The Labute approximate surface area is 112 Å². The Morgan fingerprint density at radius 2 is 2.00 bits per heavy atom. The molecule has 0 aliphatic carbocycles. The molecule has 0 saturated carbocycles. The molecule has 0 aliphatic heterocycles. The lowest BCUT2D eigenvalue weighted by atomic mass is 9.90. The van der Waals surface area contributed by atoms with Gasteiger partial charge in [-0.3, -0.25) is 0 Å². The van der Waals surface area contributed by atoms with Crippen LogP contribution < -0.4 is 10.5 Å². The van der Waals surface area contributed by atoms with Crippen LogP contribution >= 0.6 is 11.3 Å². The zero-order valence-corrected chi connectivity index (χ0v) is 11.8. The zero-order chi connectivity index (χ0) is 13.2. The van der Waals surface area contributed by atoms with Crippen molar-refractivity contribution in [2.75, 3.05) is 7.11 Å². The average Bonchev–Trinajstić information content (AvgIpc) is 2.74. The van der Waals surface area contributed by atoms with Gasteiger partial charge < -0.3 is 10.5 Å². The van der Waals surface area contributed by atoms with Crippen molar-refractivity contribution in [2.45, 2.75) is 25.8 Å². The lowest BCUT2D eigenvalue weighted by molar-refractivity contribution is 0.413. The minimum Gasteiger partial charge on any atom is -0.497 e. The molecule has 1 aromatic heterocycles. The van der Waals surface area contributed by atoms with Gasteiger partial charge in [0.15, 0.2) is 0 Å². The lowest BCUT2D eigenvalue weighted by Gasteiger charge is -2.24. The number of thiazole rings is 1. The smallest absolute Gasteiger partial charge is 0.118 e. The molecule has 0 radical (unpaired) electrons. The summed E-state index contributed by atoms with van der Waals surface area (Å²) in [6.45, 7) is 4.03. The van der Waals surface area contributed by atoms with Crippen LogP contribution in [0, 0.1) is 6.92 Å². The fraction of sp³-hybridized carbons (Fsp3) is 0.357. The van der Waals surface area contributed by atoms with Crippen LogP contribution in [0.3, 0.4) is 0 Å². The van der Waals surface area contributed by atoms with Gasteiger partial charge in [-0.15, -0.1) is 11.3 Å². The lowest BCUT2D eigenvalue weighted by Crippen LogP contribution is -2.35. The monoisotopic (exact) mass is 262 g/mol. The van der Waals surface area contributed by atoms with E-state index in [4.69, 9.17) is 10.5 Å². The second kappa shape index (κ2) is 5.08. The van der Waals surface area contributed by atoms with Gasteiger partial charge in [0.2, 0.25) is 0 Å². The molecule has 1 unspecified atom stereocenters. The van der Waals surface area contributed by atoms with Crippen LogP contribution in [0.1, 0.15) is 23.2 Å². The van der Waals surface area contributed by atoms with E-state index >= 15 is 0 Å². The van der Waals surface area contributed by atoms with Gasteiger partial charge in [-0.1, -0.05) is 12.1 Å². The molecule has 2 N–H and O–H groups in total. The second-order valence-corrected chi connectivity index (χ2v) is 5.65. The molecule has 3 nitrogen and oxygen atoms in total. The van der Waals surface area contributed by atoms with Crippen LogP contribution in [0.15, 0.2) is 29.6 Å². The third-order valence-corrected chi connectivity index (χ3v) is 3.90. The van der Waals surface area contributed by atoms with E-state index in [1.54, 1.807) is 18.4 Å². The van der Waals surface area contributed by atoms with E-state index in [2.05, 4.69) is 10.4 Å². The molecule has 1 aromatic carbocycles. The fourth-order valence-electron chi connectivity index (χ4n) is 1.87. The number of ether oxygens (including phenoxy) is 1. The van der Waals surface area contributed by atoms with Gasteiger partial charge in [0.1, 0.15) is 5.75 Å². The van der Waals surface area contributed by atoms with Gasteiger partial charge >= 0.3 is 0 Å². The van der Waals surface area contributed by atoms with E-state index in [1.807, 2.05) is 38.1 Å². The Bertz CT molecular complexity index is 517. The molecule has 0 spiro atoms. The molecule has 0 saturated heterocycles. The maximum absolute atomic E-state index is 6.40. The number of hydrogen-bond acceptors (Lipinski definition) is 4. The van der Waals surface area contributed by atoms with Gasteiger partial charge in [-0.2, -0.15) is 0 Å². The quantitative estimate of drug-likeness (QED) is 0.921. The number of benzene rings is 1. The highest BCUT2D eigenvalue weighted by molar-refractivity contribution is 7.09. The highest BCUT2D eigenvalue weighted by atomic mass is 32.1. The van der Waals surface area contributed by atoms with Crippen LogP contribution in [-0.4, -0.2) is 12.1 Å². The van der Waals surface area contributed by atoms with Crippen molar-refractivity contribution in [1.82, 2.24) is 4.98 Å². The Morgan fingerprint density at radius 3 is 2.50 bits per heavy atom. The van der Waals surface area contributed by atoms with E-state index in [0.29, 0.717) is 0 Å². The van der Waals surface area contributed by atoms with Crippen molar-refractivity contribution in [1.29, 1.82) is 0 Å². The fourth-order valence-corrected chi connectivity index (χ4v) is 2.81. The topological polar surface area (TPSA) is 48.1 Å². The van der Waals surface area contributed by atoms with E-state index < -0.39 is 5.54 Å². The third kappa shape index (κ3) is 2.89. The van der Waals surface area contributed by atoms with E-state index in [1.165, 1.54) is 0 Å². The van der Waals surface area contributed by atoms with Crippen molar-refractivity contribution in [3.05, 3.63) is 45.9 Å². The number of methoxy groups -OCH3 is 1. The summed E-state index contributed by atoms with van der Waals surface area (Å²) in [6.07, 6.45) is 0.748. The number of hydrogen-bond donors (Lipinski definition) is 1. The average molecular weight is 262 g/mol. The second-order valence-electron chi connectivity index (χ2n) is 4.71. The summed E-state index contributed by atoms with van der Waals surface area (Å²) in [5, 5.41) is 3.13. The highest BCUT2D eigenvalue weighted by Crippen LogP contribution is 2.26. The van der Waals surface area contributed by atoms with Gasteiger partial charge in [0.25, 0.3) is 0 Å². The van der Waals surface area contributed by atoms with E-state index in [-0.39, 0.29) is 0 Å². The minimum atomic E-state index is -0.406. The summed E-state index contributed by atoms with van der Waals surface area (Å²) < 4.78 is 5.15. The van der Waals surface area contributed by atoms with Crippen LogP contribution in [0.2, 0.25) is 0 Å². The first-order valence-corrected chi connectivity index (χ1v) is 6.73. The molecule has 96 valence electrons. The van der Waals surface area contributed by atoms with Crippen LogP contribution in [0.4, 0.5) is 0 Å². The predicted octanol–water partition coefficient (Wildman–Crippen LogP) is 2.88. The molecule has 2 rings (SSSR count). The van der Waals surface area contributed by atoms with Gasteiger partial charge in [-0.05, 0) is 31.5 Å². The molecule has 0 aliphatic rings. The first-order chi connectivity index (χ1) is 8.51. The van der Waals surface area contributed by atoms with E-state index in [9.17, 15) is 0 Å². The minimum absolute atomic E-state index is 0.406. The number of rotatable bonds is 4. The van der Waals surface area contributed by atoms with Crippen LogP contribution in [0.5, 0.6) is 5.75 Å². The third-order valence-electron chi connectivity index (χ3n) is 2.93.